The summed E-state index contributed by atoms with van der Waals surface area (Å²) >= 11 is 0. The minimum absolute atomic E-state index is 0.0766. The van der Waals surface area contributed by atoms with E-state index < -0.39 is 0 Å². The predicted molar refractivity (Wildman–Crippen MR) is 89.4 cm³/mol. The molecule has 0 spiro atoms. The van der Waals surface area contributed by atoms with Crippen molar-refractivity contribution in [3.63, 3.8) is 0 Å². The number of fused-ring (bicyclic) bond motifs is 1. The maximum Gasteiger partial charge on any atom is 0.227 e. The molecule has 0 radical (unpaired) electrons. The van der Waals surface area contributed by atoms with Gasteiger partial charge in [0.1, 0.15) is 0 Å². The van der Waals surface area contributed by atoms with Crippen LogP contribution in [0.4, 0.5) is 5.69 Å². The van der Waals surface area contributed by atoms with Crippen molar-refractivity contribution in [2.75, 3.05) is 11.9 Å². The van der Waals surface area contributed by atoms with Crippen molar-refractivity contribution in [3.8, 4) is 0 Å². The van der Waals surface area contributed by atoms with E-state index in [0.29, 0.717) is 0 Å². The normalized spacial score (nSPS) is 25.0. The highest BCUT2D eigenvalue weighted by molar-refractivity contribution is 5.93. The van der Waals surface area contributed by atoms with Gasteiger partial charge in [-0.3, -0.25) is 9.69 Å². The molecule has 1 aliphatic heterocycles. The van der Waals surface area contributed by atoms with E-state index in [1.165, 1.54) is 11.1 Å². The molecule has 4 heteroatoms. The van der Waals surface area contributed by atoms with Crippen LogP contribution in [-0.4, -0.2) is 23.4 Å². The average Bonchev–Trinajstić information content (AvgIpc) is 2.91. The summed E-state index contributed by atoms with van der Waals surface area (Å²) in [4.78, 5) is 15.0. The number of hydrogen-bond acceptors (Lipinski definition) is 3. The number of rotatable bonds is 4. The molecule has 0 aromatic heterocycles. The number of anilines is 1. The van der Waals surface area contributed by atoms with E-state index in [2.05, 4.69) is 29.3 Å². The number of carbonyl (C=O) groups excluding carboxylic acids is 1. The first-order valence-electron chi connectivity index (χ1n) is 8.57. The Labute approximate surface area is 133 Å². The van der Waals surface area contributed by atoms with E-state index in [0.717, 1.165) is 57.4 Å². The molecule has 1 heterocycles. The molecule has 2 aliphatic rings. The van der Waals surface area contributed by atoms with Crippen LogP contribution >= 0.6 is 0 Å². The number of hydrogen-bond donors (Lipinski definition) is 2. The molecule has 120 valence electrons. The highest BCUT2D eigenvalue weighted by Crippen LogP contribution is 2.31. The molecule has 1 aromatic rings. The maximum absolute atomic E-state index is 12.5. The first kappa shape index (κ1) is 15.5. The molecule has 22 heavy (non-hydrogen) atoms. The second-order valence-corrected chi connectivity index (χ2v) is 6.77. The summed E-state index contributed by atoms with van der Waals surface area (Å²) in [6.45, 7) is 5.27. The second kappa shape index (κ2) is 6.80. The molecule has 1 amide bonds. The van der Waals surface area contributed by atoms with E-state index >= 15 is 0 Å². The van der Waals surface area contributed by atoms with Gasteiger partial charge in [0.05, 0.1) is 0 Å². The number of nitrogens with one attached hydrogen (secondary N) is 1. The summed E-state index contributed by atoms with van der Waals surface area (Å²) in [5.41, 5.74) is 9.66. The molecule has 1 aromatic carbocycles. The Morgan fingerprint density at radius 3 is 3.00 bits per heavy atom. The number of amides is 1. The smallest absolute Gasteiger partial charge is 0.227 e. The Morgan fingerprint density at radius 1 is 1.36 bits per heavy atom. The SMILES string of the molecule is CCCN1Cc2cccc(NC(=O)C3CCCC(N)C3)c2C1. The quantitative estimate of drug-likeness (QED) is 0.899. The molecule has 1 aliphatic carbocycles. The lowest BCUT2D eigenvalue weighted by Crippen LogP contribution is -2.34. The number of benzene rings is 1. The topological polar surface area (TPSA) is 58.4 Å². The van der Waals surface area contributed by atoms with Crippen LogP contribution in [0, 0.1) is 5.92 Å². The monoisotopic (exact) mass is 301 g/mol. The zero-order valence-corrected chi connectivity index (χ0v) is 13.5. The van der Waals surface area contributed by atoms with Crippen LogP contribution < -0.4 is 11.1 Å². The summed E-state index contributed by atoms with van der Waals surface area (Å²) in [6.07, 6.45) is 5.07. The predicted octanol–water partition coefficient (Wildman–Crippen LogP) is 2.87. The van der Waals surface area contributed by atoms with E-state index in [1.54, 1.807) is 0 Å². The van der Waals surface area contributed by atoms with Crippen LogP contribution in [0.3, 0.4) is 0 Å². The number of carbonyl (C=O) groups is 1. The molecule has 2 unspecified atom stereocenters. The third-order valence-electron chi connectivity index (χ3n) is 4.93. The van der Waals surface area contributed by atoms with Gasteiger partial charge in [-0.25, -0.2) is 0 Å². The van der Waals surface area contributed by atoms with Gasteiger partial charge in [0.25, 0.3) is 0 Å². The molecular weight excluding hydrogens is 274 g/mol. The van der Waals surface area contributed by atoms with Crippen LogP contribution in [0.15, 0.2) is 18.2 Å². The highest BCUT2D eigenvalue weighted by Gasteiger charge is 2.27. The second-order valence-electron chi connectivity index (χ2n) is 6.77. The Balaban J connectivity index is 1.69. The maximum atomic E-state index is 12.5. The molecule has 0 saturated heterocycles. The fourth-order valence-electron chi connectivity index (χ4n) is 3.78. The van der Waals surface area contributed by atoms with Gasteiger partial charge >= 0.3 is 0 Å². The van der Waals surface area contributed by atoms with Gasteiger partial charge in [-0.1, -0.05) is 25.5 Å². The molecule has 3 rings (SSSR count). The van der Waals surface area contributed by atoms with Crippen molar-refractivity contribution in [1.82, 2.24) is 4.90 Å². The van der Waals surface area contributed by atoms with Crippen molar-refractivity contribution in [1.29, 1.82) is 0 Å². The van der Waals surface area contributed by atoms with Gasteiger partial charge in [0, 0.05) is 30.7 Å². The Morgan fingerprint density at radius 2 is 2.23 bits per heavy atom. The van der Waals surface area contributed by atoms with Gasteiger partial charge in [0.2, 0.25) is 5.91 Å². The largest absolute Gasteiger partial charge is 0.328 e. The Bertz CT molecular complexity index is 543. The first-order valence-corrected chi connectivity index (χ1v) is 8.57. The van der Waals surface area contributed by atoms with Gasteiger partial charge in [-0.15, -0.1) is 0 Å². The Kier molecular flexibility index (Phi) is 4.79. The zero-order chi connectivity index (χ0) is 15.5. The van der Waals surface area contributed by atoms with Gasteiger partial charge in [-0.05, 0) is 49.4 Å². The van der Waals surface area contributed by atoms with Crippen LogP contribution in [0.5, 0.6) is 0 Å². The number of nitrogens with zero attached hydrogens (tertiary/aromatic N) is 1. The summed E-state index contributed by atoms with van der Waals surface area (Å²) in [5, 5.41) is 3.17. The molecule has 1 saturated carbocycles. The van der Waals surface area contributed by atoms with Crippen molar-refractivity contribution in [3.05, 3.63) is 29.3 Å². The minimum Gasteiger partial charge on any atom is -0.328 e. The van der Waals surface area contributed by atoms with Crippen molar-refractivity contribution >= 4 is 11.6 Å². The molecule has 4 nitrogen and oxygen atoms in total. The molecular formula is C18H27N3O. The van der Waals surface area contributed by atoms with Crippen LogP contribution in [0.1, 0.15) is 50.2 Å². The van der Waals surface area contributed by atoms with Crippen LogP contribution in [-0.2, 0) is 17.9 Å². The summed E-state index contributed by atoms with van der Waals surface area (Å²) in [6, 6.07) is 6.45. The van der Waals surface area contributed by atoms with Gasteiger partial charge in [0.15, 0.2) is 0 Å². The zero-order valence-electron chi connectivity index (χ0n) is 13.5. The lowest BCUT2D eigenvalue weighted by atomic mass is 9.85. The van der Waals surface area contributed by atoms with E-state index in [9.17, 15) is 4.79 Å². The molecule has 0 bridgehead atoms. The first-order chi connectivity index (χ1) is 10.7. The summed E-state index contributed by atoms with van der Waals surface area (Å²) in [7, 11) is 0. The Hall–Kier alpha value is -1.39. The van der Waals surface area contributed by atoms with E-state index in [-0.39, 0.29) is 17.9 Å². The molecule has 3 N–H and O–H groups in total. The van der Waals surface area contributed by atoms with Crippen LogP contribution in [0.25, 0.3) is 0 Å². The third-order valence-corrected chi connectivity index (χ3v) is 4.93. The highest BCUT2D eigenvalue weighted by atomic mass is 16.1. The third kappa shape index (κ3) is 3.33. The number of nitrogens with two attached hydrogens (primary N) is 1. The van der Waals surface area contributed by atoms with Crippen molar-refractivity contribution in [2.45, 2.75) is 58.2 Å². The van der Waals surface area contributed by atoms with Crippen molar-refractivity contribution in [2.24, 2.45) is 11.7 Å². The van der Waals surface area contributed by atoms with E-state index in [1.807, 2.05) is 6.07 Å². The standard InChI is InChI=1S/C18H27N3O/c1-2-9-21-11-14-6-4-8-17(16(14)12-21)20-18(22)13-5-3-7-15(19)10-13/h4,6,8,13,15H,2-3,5,7,9-12,19H2,1H3,(H,20,22). The minimum atomic E-state index is 0.0766. The fraction of sp³-hybridized carbons (Fsp3) is 0.611. The molecule has 1 fully saturated rings. The van der Waals surface area contributed by atoms with Gasteiger partial charge < -0.3 is 11.1 Å². The van der Waals surface area contributed by atoms with Crippen molar-refractivity contribution < 1.29 is 4.79 Å². The van der Waals surface area contributed by atoms with E-state index in [4.69, 9.17) is 5.73 Å². The lowest BCUT2D eigenvalue weighted by Gasteiger charge is -2.26. The molecule has 2 atom stereocenters. The van der Waals surface area contributed by atoms with Crippen LogP contribution in [0.2, 0.25) is 0 Å². The average molecular weight is 301 g/mol. The fourth-order valence-corrected chi connectivity index (χ4v) is 3.78. The van der Waals surface area contributed by atoms with Gasteiger partial charge in [-0.2, -0.15) is 0 Å². The summed E-state index contributed by atoms with van der Waals surface area (Å²) in [5.74, 6) is 0.227. The summed E-state index contributed by atoms with van der Waals surface area (Å²) < 4.78 is 0. The lowest BCUT2D eigenvalue weighted by molar-refractivity contribution is -0.120.